The molecule has 1 heterocycles. The van der Waals surface area contributed by atoms with Crippen LogP contribution >= 0.6 is 11.6 Å². The molecule has 1 N–H and O–H groups in total. The number of benzene rings is 1. The van der Waals surface area contributed by atoms with Crippen molar-refractivity contribution in [1.82, 2.24) is 10.3 Å². The third kappa shape index (κ3) is 2.96. The van der Waals surface area contributed by atoms with Crippen LogP contribution in [0.25, 0.3) is 0 Å². The molecule has 1 atom stereocenters. The Morgan fingerprint density at radius 2 is 2.05 bits per heavy atom. The maximum Gasteiger partial charge on any atom is 0.0544 e. The standard InChI is InChI=1S/C16H17ClN2/c1-11-3-2-4-15(19-11)10-18-16-8-12-5-6-14(17)7-13(12)9-16/h2-7,16,18H,8-10H2,1H3. The van der Waals surface area contributed by atoms with E-state index in [1.807, 2.05) is 19.1 Å². The molecule has 3 heteroatoms. The highest BCUT2D eigenvalue weighted by Crippen LogP contribution is 2.25. The highest BCUT2D eigenvalue weighted by Gasteiger charge is 2.20. The lowest BCUT2D eigenvalue weighted by atomic mass is 10.1. The van der Waals surface area contributed by atoms with Gasteiger partial charge in [0.1, 0.15) is 0 Å². The minimum atomic E-state index is 0.496. The van der Waals surface area contributed by atoms with Crippen LogP contribution < -0.4 is 5.32 Å². The molecule has 0 saturated heterocycles. The number of hydrogen-bond acceptors (Lipinski definition) is 2. The van der Waals surface area contributed by atoms with Gasteiger partial charge in [-0.05, 0) is 55.2 Å². The summed E-state index contributed by atoms with van der Waals surface area (Å²) < 4.78 is 0. The summed E-state index contributed by atoms with van der Waals surface area (Å²) >= 11 is 6.03. The van der Waals surface area contributed by atoms with E-state index < -0.39 is 0 Å². The monoisotopic (exact) mass is 272 g/mol. The summed E-state index contributed by atoms with van der Waals surface area (Å²) in [5, 5.41) is 4.42. The van der Waals surface area contributed by atoms with Crippen molar-refractivity contribution in [1.29, 1.82) is 0 Å². The molecule has 0 saturated carbocycles. The van der Waals surface area contributed by atoms with Gasteiger partial charge in [0.25, 0.3) is 0 Å². The molecular weight excluding hydrogens is 256 g/mol. The van der Waals surface area contributed by atoms with Crippen LogP contribution in [0, 0.1) is 6.92 Å². The molecular formula is C16H17ClN2. The van der Waals surface area contributed by atoms with Crippen molar-refractivity contribution in [2.45, 2.75) is 32.4 Å². The normalized spacial score (nSPS) is 17.5. The minimum absolute atomic E-state index is 0.496. The second kappa shape index (κ2) is 5.32. The third-order valence-corrected chi connectivity index (χ3v) is 3.85. The first-order valence-corrected chi connectivity index (χ1v) is 7.02. The van der Waals surface area contributed by atoms with Crippen molar-refractivity contribution in [3.05, 3.63) is 63.9 Å². The Bertz CT molecular complexity index is 595. The van der Waals surface area contributed by atoms with E-state index in [0.717, 1.165) is 35.8 Å². The fourth-order valence-corrected chi connectivity index (χ4v) is 2.87. The molecule has 0 radical (unpaired) electrons. The second-order valence-corrected chi connectivity index (χ2v) is 5.61. The maximum atomic E-state index is 6.03. The lowest BCUT2D eigenvalue weighted by Gasteiger charge is -2.11. The fraction of sp³-hybridized carbons (Fsp3) is 0.312. The van der Waals surface area contributed by atoms with E-state index in [9.17, 15) is 0 Å². The lowest BCUT2D eigenvalue weighted by molar-refractivity contribution is 0.527. The van der Waals surface area contributed by atoms with Crippen molar-refractivity contribution < 1.29 is 0 Å². The van der Waals surface area contributed by atoms with Crippen LogP contribution in [0.5, 0.6) is 0 Å². The van der Waals surface area contributed by atoms with Gasteiger partial charge in [0.2, 0.25) is 0 Å². The van der Waals surface area contributed by atoms with Crippen molar-refractivity contribution in [2.24, 2.45) is 0 Å². The molecule has 3 rings (SSSR count). The molecule has 1 unspecified atom stereocenters. The largest absolute Gasteiger partial charge is 0.308 e. The molecule has 19 heavy (non-hydrogen) atoms. The highest BCUT2D eigenvalue weighted by atomic mass is 35.5. The minimum Gasteiger partial charge on any atom is -0.308 e. The molecule has 1 aromatic heterocycles. The number of nitrogens with zero attached hydrogens (tertiary/aromatic N) is 1. The van der Waals surface area contributed by atoms with E-state index in [1.54, 1.807) is 0 Å². The fourth-order valence-electron chi connectivity index (χ4n) is 2.68. The van der Waals surface area contributed by atoms with Gasteiger partial charge in [0.15, 0.2) is 0 Å². The molecule has 0 amide bonds. The molecule has 1 aliphatic rings. The van der Waals surface area contributed by atoms with Crippen molar-refractivity contribution in [2.75, 3.05) is 0 Å². The van der Waals surface area contributed by atoms with Gasteiger partial charge < -0.3 is 5.32 Å². The van der Waals surface area contributed by atoms with Gasteiger partial charge in [0.05, 0.1) is 5.69 Å². The molecule has 2 nitrogen and oxygen atoms in total. The Morgan fingerprint density at radius 1 is 1.21 bits per heavy atom. The van der Waals surface area contributed by atoms with Crippen molar-refractivity contribution in [3.63, 3.8) is 0 Å². The van der Waals surface area contributed by atoms with Crippen LogP contribution in [-0.2, 0) is 19.4 Å². The molecule has 0 aliphatic heterocycles. The summed E-state index contributed by atoms with van der Waals surface area (Å²) in [6.45, 7) is 2.85. The van der Waals surface area contributed by atoms with Crippen LogP contribution in [0.2, 0.25) is 5.02 Å². The molecule has 1 aliphatic carbocycles. The average Bonchev–Trinajstić information content (AvgIpc) is 2.78. The van der Waals surface area contributed by atoms with E-state index in [0.29, 0.717) is 6.04 Å². The van der Waals surface area contributed by atoms with Crippen LogP contribution in [0.15, 0.2) is 36.4 Å². The van der Waals surface area contributed by atoms with Gasteiger partial charge in [-0.15, -0.1) is 0 Å². The summed E-state index contributed by atoms with van der Waals surface area (Å²) in [5.74, 6) is 0. The average molecular weight is 273 g/mol. The first-order chi connectivity index (χ1) is 9.20. The topological polar surface area (TPSA) is 24.9 Å². The van der Waals surface area contributed by atoms with E-state index in [4.69, 9.17) is 11.6 Å². The van der Waals surface area contributed by atoms with Crippen LogP contribution in [0.1, 0.15) is 22.5 Å². The lowest BCUT2D eigenvalue weighted by Crippen LogP contribution is -2.29. The zero-order valence-electron chi connectivity index (χ0n) is 11.0. The number of fused-ring (bicyclic) bond motifs is 1. The number of hydrogen-bond donors (Lipinski definition) is 1. The van der Waals surface area contributed by atoms with Gasteiger partial charge in [-0.25, -0.2) is 0 Å². The molecule has 0 spiro atoms. The second-order valence-electron chi connectivity index (χ2n) is 5.17. The number of aromatic nitrogens is 1. The third-order valence-electron chi connectivity index (χ3n) is 3.62. The first kappa shape index (κ1) is 12.6. The Kier molecular flexibility index (Phi) is 3.54. The Morgan fingerprint density at radius 3 is 2.89 bits per heavy atom. The number of halogens is 1. The summed E-state index contributed by atoms with van der Waals surface area (Å²) in [6.07, 6.45) is 2.14. The number of aryl methyl sites for hydroxylation is 1. The zero-order valence-corrected chi connectivity index (χ0v) is 11.7. The van der Waals surface area contributed by atoms with Crippen molar-refractivity contribution in [3.8, 4) is 0 Å². The van der Waals surface area contributed by atoms with E-state index in [-0.39, 0.29) is 0 Å². The number of pyridine rings is 1. The van der Waals surface area contributed by atoms with Crippen LogP contribution in [0.4, 0.5) is 0 Å². The van der Waals surface area contributed by atoms with Crippen molar-refractivity contribution >= 4 is 11.6 Å². The quantitative estimate of drug-likeness (QED) is 0.927. The summed E-state index contributed by atoms with van der Waals surface area (Å²) in [7, 11) is 0. The zero-order chi connectivity index (χ0) is 13.2. The van der Waals surface area contributed by atoms with Crippen LogP contribution in [0.3, 0.4) is 0 Å². The Labute approximate surface area is 118 Å². The molecule has 2 aromatic rings. The van der Waals surface area contributed by atoms with E-state index in [2.05, 4.69) is 34.6 Å². The molecule has 1 aromatic carbocycles. The Balaban J connectivity index is 1.62. The van der Waals surface area contributed by atoms with Gasteiger partial charge in [-0.1, -0.05) is 23.7 Å². The highest BCUT2D eigenvalue weighted by molar-refractivity contribution is 6.30. The molecule has 0 fully saturated rings. The van der Waals surface area contributed by atoms with E-state index in [1.165, 1.54) is 11.1 Å². The predicted molar refractivity (Wildman–Crippen MR) is 78.5 cm³/mol. The number of rotatable bonds is 3. The van der Waals surface area contributed by atoms with Gasteiger partial charge in [-0.3, -0.25) is 4.98 Å². The van der Waals surface area contributed by atoms with Crippen LogP contribution in [-0.4, -0.2) is 11.0 Å². The van der Waals surface area contributed by atoms with Gasteiger partial charge >= 0.3 is 0 Å². The first-order valence-electron chi connectivity index (χ1n) is 6.64. The maximum absolute atomic E-state index is 6.03. The number of nitrogens with one attached hydrogen (secondary N) is 1. The predicted octanol–water partition coefficient (Wildman–Crippen LogP) is 3.30. The summed E-state index contributed by atoms with van der Waals surface area (Å²) in [4.78, 5) is 4.51. The summed E-state index contributed by atoms with van der Waals surface area (Å²) in [5.41, 5.74) is 4.97. The smallest absolute Gasteiger partial charge is 0.0544 e. The van der Waals surface area contributed by atoms with Gasteiger partial charge in [0, 0.05) is 23.3 Å². The van der Waals surface area contributed by atoms with Gasteiger partial charge in [-0.2, -0.15) is 0 Å². The van der Waals surface area contributed by atoms with E-state index >= 15 is 0 Å². The SMILES string of the molecule is Cc1cccc(CNC2Cc3ccc(Cl)cc3C2)n1. The Hall–Kier alpha value is -1.38. The molecule has 98 valence electrons. The summed E-state index contributed by atoms with van der Waals surface area (Å²) in [6, 6.07) is 12.9. The molecule has 0 bridgehead atoms.